The number of fused-ring (bicyclic) bond motifs is 2. The molecule has 0 aromatic heterocycles. The minimum atomic E-state index is -2.03. The van der Waals surface area contributed by atoms with Crippen LogP contribution in [0.25, 0.3) is 0 Å². The largest absolute Gasteiger partial charge is 0.461 e. The maximum atomic E-state index is 12.9. The number of carbonyl (C=O) groups is 1. The van der Waals surface area contributed by atoms with Crippen molar-refractivity contribution in [3.05, 3.63) is 0 Å². The summed E-state index contributed by atoms with van der Waals surface area (Å²) >= 11 is 0. The Hall–Kier alpha value is -0.810. The van der Waals surface area contributed by atoms with Crippen LogP contribution in [0.1, 0.15) is 67.2 Å². The molecule has 13 atom stereocenters. The summed E-state index contributed by atoms with van der Waals surface area (Å²) in [7, 11) is 0. The van der Waals surface area contributed by atoms with Crippen LogP contribution in [0.5, 0.6) is 0 Å². The zero-order valence-electron chi connectivity index (χ0n) is 21.0. The third-order valence-electron chi connectivity index (χ3n) is 10.5. The van der Waals surface area contributed by atoms with Crippen LogP contribution in [0.3, 0.4) is 0 Å². The number of hydrogen-bond donors (Lipinski definition) is 7. The summed E-state index contributed by atoms with van der Waals surface area (Å²) in [5.74, 6) is -3.80. The lowest BCUT2D eigenvalue weighted by atomic mass is 9.57. The van der Waals surface area contributed by atoms with E-state index in [9.17, 15) is 40.5 Å². The Balaban J connectivity index is 1.86. The molecule has 196 valence electrons. The van der Waals surface area contributed by atoms with Crippen molar-refractivity contribution < 1.29 is 45.3 Å². The molecular weight excluding hydrogens is 444 g/mol. The second-order valence-electron chi connectivity index (χ2n) is 12.8. The summed E-state index contributed by atoms with van der Waals surface area (Å²) in [6.45, 7) is 9.33. The Morgan fingerprint density at radius 1 is 1.00 bits per heavy atom. The van der Waals surface area contributed by atoms with E-state index in [0.29, 0.717) is 12.8 Å². The van der Waals surface area contributed by atoms with E-state index >= 15 is 0 Å². The van der Waals surface area contributed by atoms with Crippen molar-refractivity contribution in [3.8, 4) is 0 Å². The van der Waals surface area contributed by atoms with E-state index in [2.05, 4.69) is 0 Å². The second kappa shape index (κ2) is 7.60. The van der Waals surface area contributed by atoms with Crippen LogP contribution in [0.2, 0.25) is 0 Å². The van der Waals surface area contributed by atoms with Gasteiger partial charge in [-0.1, -0.05) is 13.8 Å². The molecule has 4 fully saturated rings. The van der Waals surface area contributed by atoms with Gasteiger partial charge in [-0.3, -0.25) is 4.79 Å². The fraction of sp³-hybridized carbons (Fsp3) is 0.960. The summed E-state index contributed by atoms with van der Waals surface area (Å²) < 4.78 is 5.97. The van der Waals surface area contributed by atoms with Crippen LogP contribution in [-0.4, -0.2) is 89.0 Å². The Morgan fingerprint density at radius 2 is 1.59 bits per heavy atom. The van der Waals surface area contributed by atoms with Gasteiger partial charge in [-0.15, -0.1) is 0 Å². The number of rotatable bonds is 3. The molecule has 0 amide bonds. The molecule has 0 unspecified atom stereocenters. The quantitative estimate of drug-likeness (QED) is 0.265. The van der Waals surface area contributed by atoms with Gasteiger partial charge in [-0.05, 0) is 59.3 Å². The van der Waals surface area contributed by atoms with E-state index in [1.54, 1.807) is 27.7 Å². The number of hydrogen-bond acceptors (Lipinski definition) is 9. The molecule has 9 nitrogen and oxygen atoms in total. The summed E-state index contributed by atoms with van der Waals surface area (Å²) in [6.07, 6.45) is -5.23. The average Bonchev–Trinajstić information content (AvgIpc) is 2.89. The lowest BCUT2D eigenvalue weighted by molar-refractivity contribution is -0.211. The van der Waals surface area contributed by atoms with E-state index in [0.717, 1.165) is 0 Å². The Bertz CT molecular complexity index is 838. The normalized spacial score (nSPS) is 55.6. The molecule has 9 heteroatoms. The molecule has 0 saturated heterocycles. The summed E-state index contributed by atoms with van der Waals surface area (Å²) in [6, 6.07) is 0. The molecule has 4 aliphatic carbocycles. The van der Waals surface area contributed by atoms with Gasteiger partial charge in [0, 0.05) is 22.7 Å². The van der Waals surface area contributed by atoms with Crippen LogP contribution in [0.15, 0.2) is 0 Å². The summed E-state index contributed by atoms with van der Waals surface area (Å²) in [4.78, 5) is 12.9. The van der Waals surface area contributed by atoms with Crippen LogP contribution in [0.4, 0.5) is 0 Å². The first-order valence-electron chi connectivity index (χ1n) is 12.5. The Morgan fingerprint density at radius 3 is 2.15 bits per heavy atom. The fourth-order valence-corrected chi connectivity index (χ4v) is 8.54. The van der Waals surface area contributed by atoms with Crippen LogP contribution < -0.4 is 0 Å². The van der Waals surface area contributed by atoms with Gasteiger partial charge in [0.1, 0.15) is 11.7 Å². The molecule has 34 heavy (non-hydrogen) atoms. The SMILES string of the molecule is C[C@H](O)[C@@H](C)C(=O)O[C@H]1[C@@H]2CC[C@@H]3[C@](C)(O)[C@H]4[C@@H](O)[C@@H](O)C(C)(C)[C@@]4(O)[C@@H](O)C[C@@]31C[C@]2(C)O. The molecule has 0 heterocycles. The summed E-state index contributed by atoms with van der Waals surface area (Å²) in [5, 5.41) is 78.7. The highest BCUT2D eigenvalue weighted by Crippen LogP contribution is 2.70. The third kappa shape index (κ3) is 3.07. The zero-order chi connectivity index (χ0) is 25.8. The van der Waals surface area contributed by atoms with Gasteiger partial charge in [0.15, 0.2) is 0 Å². The molecule has 4 rings (SSSR count). The van der Waals surface area contributed by atoms with Crippen molar-refractivity contribution in [2.75, 3.05) is 0 Å². The molecule has 4 aliphatic rings. The Labute approximate surface area is 200 Å². The Kier molecular flexibility index (Phi) is 5.87. The molecule has 0 radical (unpaired) electrons. The smallest absolute Gasteiger partial charge is 0.311 e. The highest BCUT2D eigenvalue weighted by Gasteiger charge is 2.79. The number of aliphatic hydroxyl groups is 7. The van der Waals surface area contributed by atoms with Gasteiger partial charge in [0.05, 0.1) is 41.5 Å². The third-order valence-corrected chi connectivity index (χ3v) is 10.5. The number of esters is 1. The lowest BCUT2D eigenvalue weighted by Gasteiger charge is -2.52. The number of ether oxygens (including phenoxy) is 1. The van der Waals surface area contributed by atoms with Crippen molar-refractivity contribution in [2.24, 2.45) is 34.5 Å². The summed E-state index contributed by atoms with van der Waals surface area (Å²) in [5.41, 5.74) is -7.47. The van der Waals surface area contributed by atoms with Crippen molar-refractivity contribution in [3.63, 3.8) is 0 Å². The van der Waals surface area contributed by atoms with Crippen molar-refractivity contribution in [1.29, 1.82) is 0 Å². The predicted octanol–water partition coefficient (Wildman–Crippen LogP) is -0.293. The fourth-order valence-electron chi connectivity index (χ4n) is 8.54. The minimum absolute atomic E-state index is 0.0860. The van der Waals surface area contributed by atoms with Crippen LogP contribution in [0, 0.1) is 34.5 Å². The van der Waals surface area contributed by atoms with E-state index in [1.165, 1.54) is 13.8 Å². The van der Waals surface area contributed by atoms with Gasteiger partial charge in [0.25, 0.3) is 0 Å². The van der Waals surface area contributed by atoms with E-state index < -0.39 is 87.8 Å². The molecule has 4 saturated carbocycles. The van der Waals surface area contributed by atoms with Gasteiger partial charge in [-0.25, -0.2) is 0 Å². The number of carbonyl (C=O) groups excluding carboxylic acids is 1. The first-order chi connectivity index (χ1) is 15.4. The van der Waals surface area contributed by atoms with Crippen molar-refractivity contribution >= 4 is 5.97 Å². The van der Waals surface area contributed by atoms with E-state index in [1.807, 2.05) is 0 Å². The standard InChI is InChI=1S/C25H42O9/c1-11(12(2)26)20(30)34-19-13-7-8-14-23(6,32)17-16(28)18(29)21(3,4)25(17,33)15(27)9-24(14,19)10-22(13,5)31/h11-19,26-29,31-33H,7-10H2,1-6H3/t11-,12+,13+,14-,15+,16-,17-,18-,19+,22+,23+,24-,25-/m1/s1. The maximum absolute atomic E-state index is 12.9. The maximum Gasteiger partial charge on any atom is 0.311 e. The van der Waals surface area contributed by atoms with Gasteiger partial charge in [-0.2, -0.15) is 0 Å². The van der Waals surface area contributed by atoms with E-state index in [4.69, 9.17) is 4.74 Å². The highest BCUT2D eigenvalue weighted by molar-refractivity contribution is 5.73. The molecule has 7 N–H and O–H groups in total. The second-order valence-corrected chi connectivity index (χ2v) is 12.8. The molecular formula is C25H42O9. The highest BCUT2D eigenvalue weighted by atomic mass is 16.5. The molecule has 0 aromatic carbocycles. The van der Waals surface area contributed by atoms with E-state index in [-0.39, 0.29) is 12.8 Å². The van der Waals surface area contributed by atoms with Gasteiger partial charge < -0.3 is 40.5 Å². The average molecular weight is 487 g/mol. The molecule has 0 aliphatic heterocycles. The monoisotopic (exact) mass is 486 g/mol. The van der Waals surface area contributed by atoms with Crippen LogP contribution >= 0.6 is 0 Å². The lowest BCUT2D eigenvalue weighted by Crippen LogP contribution is -2.62. The zero-order valence-corrected chi connectivity index (χ0v) is 21.0. The first-order valence-corrected chi connectivity index (χ1v) is 12.5. The van der Waals surface area contributed by atoms with Crippen molar-refractivity contribution in [2.45, 2.75) is 115 Å². The number of aliphatic hydroxyl groups excluding tert-OH is 4. The van der Waals surface area contributed by atoms with Gasteiger partial charge in [0.2, 0.25) is 0 Å². The van der Waals surface area contributed by atoms with Crippen LogP contribution in [-0.2, 0) is 9.53 Å². The topological polar surface area (TPSA) is 168 Å². The molecule has 2 bridgehead atoms. The first kappa shape index (κ1) is 26.3. The minimum Gasteiger partial charge on any atom is -0.461 e. The molecule has 1 spiro atoms. The van der Waals surface area contributed by atoms with Crippen molar-refractivity contribution in [1.82, 2.24) is 0 Å². The predicted molar refractivity (Wildman–Crippen MR) is 120 cm³/mol. The van der Waals surface area contributed by atoms with Gasteiger partial charge >= 0.3 is 5.97 Å². The molecule has 0 aromatic rings.